The van der Waals surface area contributed by atoms with Crippen LogP contribution in [0.1, 0.15) is 45.4 Å². The Balaban J connectivity index is 1.81. The summed E-state index contributed by atoms with van der Waals surface area (Å²) in [5.41, 5.74) is -1.03. The summed E-state index contributed by atoms with van der Waals surface area (Å²) in [6.45, 7) is 2.83. The lowest BCUT2D eigenvalue weighted by Gasteiger charge is -2.32. The molecule has 18 heavy (non-hydrogen) atoms. The van der Waals surface area contributed by atoms with Crippen molar-refractivity contribution in [3.8, 4) is 0 Å². The minimum atomic E-state index is -1.03. The highest BCUT2D eigenvalue weighted by molar-refractivity contribution is 5.86. The summed E-state index contributed by atoms with van der Waals surface area (Å²) in [7, 11) is 0. The van der Waals surface area contributed by atoms with Crippen LogP contribution in [-0.2, 0) is 4.79 Å². The van der Waals surface area contributed by atoms with Crippen molar-refractivity contribution in [3.63, 3.8) is 0 Å². The van der Waals surface area contributed by atoms with Gasteiger partial charge in [-0.05, 0) is 32.1 Å². The molecule has 0 aromatic rings. The average molecular weight is 254 g/mol. The summed E-state index contributed by atoms with van der Waals surface area (Å²) in [6.07, 6.45) is 6.17. The molecular formula is C13H22N2O3. The maximum absolute atomic E-state index is 12.0. The van der Waals surface area contributed by atoms with Crippen LogP contribution >= 0.6 is 0 Å². The van der Waals surface area contributed by atoms with E-state index >= 15 is 0 Å². The van der Waals surface area contributed by atoms with Crippen LogP contribution in [0.5, 0.6) is 0 Å². The van der Waals surface area contributed by atoms with Gasteiger partial charge < -0.3 is 15.3 Å². The lowest BCUT2D eigenvalue weighted by Crippen LogP contribution is -2.54. The number of amides is 2. The molecule has 1 aliphatic carbocycles. The fraction of sp³-hybridized carbons (Fsp3) is 0.846. The number of hydrogen-bond acceptors (Lipinski definition) is 2. The SMILES string of the molecule is CC1(C(=O)O)CCCN1C(=O)NCCC1CCC1. The number of aliphatic carboxylic acids is 1. The Hall–Kier alpha value is -1.26. The van der Waals surface area contributed by atoms with Gasteiger partial charge in [0.05, 0.1) is 0 Å². The molecule has 1 saturated carbocycles. The highest BCUT2D eigenvalue weighted by Gasteiger charge is 2.45. The van der Waals surface area contributed by atoms with Crippen LogP contribution in [0.25, 0.3) is 0 Å². The summed E-state index contributed by atoms with van der Waals surface area (Å²) < 4.78 is 0. The molecule has 0 aromatic carbocycles. The first-order valence-corrected chi connectivity index (χ1v) is 6.83. The zero-order chi connectivity index (χ0) is 13.2. The van der Waals surface area contributed by atoms with Crippen LogP contribution in [0.2, 0.25) is 0 Å². The number of hydrogen-bond donors (Lipinski definition) is 2. The van der Waals surface area contributed by atoms with Crippen molar-refractivity contribution >= 4 is 12.0 Å². The normalized spacial score (nSPS) is 27.9. The van der Waals surface area contributed by atoms with Crippen LogP contribution in [0, 0.1) is 5.92 Å². The molecular weight excluding hydrogens is 232 g/mol. The van der Waals surface area contributed by atoms with Crippen LogP contribution in [0.15, 0.2) is 0 Å². The fourth-order valence-corrected chi connectivity index (χ4v) is 2.77. The van der Waals surface area contributed by atoms with E-state index in [2.05, 4.69) is 5.32 Å². The van der Waals surface area contributed by atoms with E-state index in [4.69, 9.17) is 0 Å². The van der Waals surface area contributed by atoms with Crippen molar-refractivity contribution in [2.45, 2.75) is 51.0 Å². The first kappa shape index (κ1) is 13.2. The highest BCUT2D eigenvalue weighted by atomic mass is 16.4. The molecule has 1 unspecified atom stereocenters. The standard InChI is InChI=1S/C13H22N2O3/c1-13(11(16)17)7-3-9-15(13)12(18)14-8-6-10-4-2-5-10/h10H,2-9H2,1H3,(H,14,18)(H,16,17). The Morgan fingerprint density at radius 1 is 1.39 bits per heavy atom. The monoisotopic (exact) mass is 254 g/mol. The smallest absolute Gasteiger partial charge is 0.329 e. The van der Waals surface area contributed by atoms with E-state index in [0.29, 0.717) is 19.5 Å². The number of nitrogens with one attached hydrogen (secondary N) is 1. The zero-order valence-electron chi connectivity index (χ0n) is 10.9. The van der Waals surface area contributed by atoms with Gasteiger partial charge in [-0.2, -0.15) is 0 Å². The molecule has 5 heteroatoms. The van der Waals surface area contributed by atoms with E-state index in [9.17, 15) is 14.7 Å². The number of rotatable bonds is 4. The average Bonchev–Trinajstić information content (AvgIpc) is 2.65. The second-order valence-electron chi connectivity index (χ2n) is 5.65. The number of likely N-dealkylation sites (tertiary alicyclic amines) is 1. The van der Waals surface area contributed by atoms with Gasteiger partial charge in [-0.3, -0.25) is 0 Å². The van der Waals surface area contributed by atoms with Gasteiger partial charge in [-0.25, -0.2) is 9.59 Å². The molecule has 2 rings (SSSR count). The Bertz CT molecular complexity index is 341. The minimum absolute atomic E-state index is 0.225. The maximum Gasteiger partial charge on any atom is 0.329 e. The van der Waals surface area contributed by atoms with E-state index in [0.717, 1.165) is 18.8 Å². The van der Waals surface area contributed by atoms with Gasteiger partial charge in [-0.1, -0.05) is 19.3 Å². The second-order valence-corrected chi connectivity index (χ2v) is 5.65. The van der Waals surface area contributed by atoms with Gasteiger partial charge in [-0.15, -0.1) is 0 Å². The summed E-state index contributed by atoms with van der Waals surface area (Å²) in [5, 5.41) is 12.1. The van der Waals surface area contributed by atoms with E-state index < -0.39 is 11.5 Å². The molecule has 2 N–H and O–H groups in total. The number of carbonyl (C=O) groups excluding carboxylic acids is 1. The quantitative estimate of drug-likeness (QED) is 0.804. The van der Waals surface area contributed by atoms with Gasteiger partial charge in [0.2, 0.25) is 0 Å². The minimum Gasteiger partial charge on any atom is -0.480 e. The summed E-state index contributed by atoms with van der Waals surface area (Å²) >= 11 is 0. The highest BCUT2D eigenvalue weighted by Crippen LogP contribution is 2.30. The van der Waals surface area contributed by atoms with Gasteiger partial charge in [0, 0.05) is 13.1 Å². The van der Waals surface area contributed by atoms with Crippen molar-refractivity contribution in [3.05, 3.63) is 0 Å². The van der Waals surface area contributed by atoms with Crippen molar-refractivity contribution in [1.82, 2.24) is 10.2 Å². The van der Waals surface area contributed by atoms with E-state index in [-0.39, 0.29) is 6.03 Å². The topological polar surface area (TPSA) is 69.6 Å². The van der Waals surface area contributed by atoms with Crippen molar-refractivity contribution in [2.24, 2.45) is 5.92 Å². The first-order valence-electron chi connectivity index (χ1n) is 6.83. The molecule has 2 aliphatic rings. The molecule has 1 atom stereocenters. The molecule has 0 spiro atoms. The van der Waals surface area contributed by atoms with Crippen LogP contribution in [0.4, 0.5) is 4.79 Å². The first-order chi connectivity index (χ1) is 8.54. The number of carboxylic acids is 1. The number of carbonyl (C=O) groups is 2. The van der Waals surface area contributed by atoms with Gasteiger partial charge >= 0.3 is 12.0 Å². The van der Waals surface area contributed by atoms with Crippen LogP contribution in [0.3, 0.4) is 0 Å². The fourth-order valence-electron chi connectivity index (χ4n) is 2.77. The molecule has 1 saturated heterocycles. The van der Waals surface area contributed by atoms with Crippen LogP contribution < -0.4 is 5.32 Å². The third-order valence-electron chi connectivity index (χ3n) is 4.40. The molecule has 1 aliphatic heterocycles. The predicted octanol–water partition coefficient (Wildman–Crippen LogP) is 1.83. The predicted molar refractivity (Wildman–Crippen MR) is 67.3 cm³/mol. The van der Waals surface area contributed by atoms with Crippen molar-refractivity contribution in [2.75, 3.05) is 13.1 Å². The third-order valence-corrected chi connectivity index (χ3v) is 4.40. The Morgan fingerprint density at radius 2 is 2.11 bits per heavy atom. The largest absolute Gasteiger partial charge is 0.480 e. The summed E-state index contributed by atoms with van der Waals surface area (Å²) in [5.74, 6) is -0.149. The summed E-state index contributed by atoms with van der Waals surface area (Å²) in [4.78, 5) is 24.7. The maximum atomic E-state index is 12.0. The van der Waals surface area contributed by atoms with Gasteiger partial charge in [0.1, 0.15) is 5.54 Å². The molecule has 0 bridgehead atoms. The van der Waals surface area contributed by atoms with Gasteiger partial charge in [0.15, 0.2) is 0 Å². The van der Waals surface area contributed by atoms with E-state index in [1.807, 2.05) is 0 Å². The zero-order valence-corrected chi connectivity index (χ0v) is 10.9. The molecule has 5 nitrogen and oxygen atoms in total. The van der Waals surface area contributed by atoms with Crippen LogP contribution in [-0.4, -0.2) is 40.6 Å². The van der Waals surface area contributed by atoms with Gasteiger partial charge in [0.25, 0.3) is 0 Å². The summed E-state index contributed by atoms with van der Waals surface area (Å²) in [6, 6.07) is -0.225. The van der Waals surface area contributed by atoms with Crippen molar-refractivity contribution < 1.29 is 14.7 Å². The number of urea groups is 1. The van der Waals surface area contributed by atoms with E-state index in [1.54, 1.807) is 6.92 Å². The molecule has 2 fully saturated rings. The Labute approximate surface area is 108 Å². The van der Waals surface area contributed by atoms with Crippen molar-refractivity contribution in [1.29, 1.82) is 0 Å². The lowest BCUT2D eigenvalue weighted by molar-refractivity contribution is -0.147. The molecule has 2 amide bonds. The Morgan fingerprint density at radius 3 is 2.67 bits per heavy atom. The Kier molecular flexibility index (Phi) is 3.78. The van der Waals surface area contributed by atoms with E-state index in [1.165, 1.54) is 24.2 Å². The number of carboxylic acid groups (broad SMARTS) is 1. The third kappa shape index (κ3) is 2.44. The lowest BCUT2D eigenvalue weighted by atomic mass is 9.83. The number of nitrogens with zero attached hydrogens (tertiary/aromatic N) is 1. The molecule has 0 aromatic heterocycles. The molecule has 1 heterocycles. The molecule has 0 radical (unpaired) electrons. The molecule has 102 valence electrons. The second kappa shape index (κ2) is 5.16.